The summed E-state index contributed by atoms with van der Waals surface area (Å²) in [5.74, 6) is -0.173. The third-order valence-corrected chi connectivity index (χ3v) is 7.13. The molecule has 4 rings (SSSR count). The molecule has 2 aromatic heterocycles. The number of hydrogen-bond acceptors (Lipinski definition) is 7. The molecule has 0 unspecified atom stereocenters. The molecule has 0 radical (unpaired) electrons. The van der Waals surface area contributed by atoms with Crippen LogP contribution in [-0.4, -0.2) is 44.9 Å². The summed E-state index contributed by atoms with van der Waals surface area (Å²) in [6.45, 7) is 4.49. The number of benzene rings is 2. The number of halogens is 1. The molecule has 4 aromatic rings. The molecule has 41 heavy (non-hydrogen) atoms. The van der Waals surface area contributed by atoms with Crippen LogP contribution in [0.1, 0.15) is 28.4 Å². The number of ether oxygens (including phenoxy) is 1. The predicted molar refractivity (Wildman–Crippen MR) is 160 cm³/mol. The Hall–Kier alpha value is -4.25. The second-order valence-electron chi connectivity index (χ2n) is 9.74. The van der Waals surface area contributed by atoms with E-state index in [1.54, 1.807) is 26.2 Å². The molecule has 0 bridgehead atoms. The van der Waals surface area contributed by atoms with Crippen LogP contribution in [0.25, 0.3) is 22.4 Å². The average molecular weight is 578 g/mol. The van der Waals surface area contributed by atoms with Gasteiger partial charge in [-0.15, -0.1) is 0 Å². The topological polar surface area (TPSA) is 127 Å². The van der Waals surface area contributed by atoms with Crippen molar-refractivity contribution < 1.29 is 14.6 Å². The van der Waals surface area contributed by atoms with Crippen LogP contribution in [0.2, 0.25) is 5.02 Å². The van der Waals surface area contributed by atoms with Crippen molar-refractivity contribution in [1.82, 2.24) is 19.4 Å². The van der Waals surface area contributed by atoms with Crippen LogP contribution in [0.5, 0.6) is 5.88 Å². The molecule has 11 heteroatoms. The summed E-state index contributed by atoms with van der Waals surface area (Å²) in [4.78, 5) is 42.3. The van der Waals surface area contributed by atoms with Crippen molar-refractivity contribution in [2.45, 2.75) is 26.5 Å². The van der Waals surface area contributed by atoms with E-state index in [4.69, 9.17) is 16.3 Å². The highest BCUT2D eigenvalue weighted by Crippen LogP contribution is 2.39. The van der Waals surface area contributed by atoms with Crippen molar-refractivity contribution in [3.8, 4) is 28.3 Å². The first-order chi connectivity index (χ1) is 19.5. The third-order valence-electron chi connectivity index (χ3n) is 6.73. The minimum atomic E-state index is -0.678. The highest BCUT2D eigenvalue weighted by Gasteiger charge is 2.19. The zero-order valence-corrected chi connectivity index (χ0v) is 24.2. The van der Waals surface area contributed by atoms with E-state index in [-0.39, 0.29) is 5.56 Å². The van der Waals surface area contributed by atoms with E-state index in [2.05, 4.69) is 15.6 Å². The Balaban J connectivity index is 1.67. The van der Waals surface area contributed by atoms with Gasteiger partial charge in [0, 0.05) is 55.8 Å². The van der Waals surface area contributed by atoms with Gasteiger partial charge in [0.2, 0.25) is 5.88 Å². The predicted octanol–water partition coefficient (Wildman–Crippen LogP) is 3.51. The van der Waals surface area contributed by atoms with Crippen molar-refractivity contribution in [3.05, 3.63) is 97.3 Å². The molecule has 0 aliphatic rings. The van der Waals surface area contributed by atoms with Crippen LogP contribution < -0.4 is 26.6 Å². The lowest BCUT2D eigenvalue weighted by Gasteiger charge is -2.16. The second kappa shape index (κ2) is 12.5. The van der Waals surface area contributed by atoms with Gasteiger partial charge in [0.25, 0.3) is 11.5 Å². The van der Waals surface area contributed by atoms with Crippen molar-refractivity contribution in [3.63, 3.8) is 0 Å². The average Bonchev–Trinajstić information content (AvgIpc) is 2.95. The van der Waals surface area contributed by atoms with Gasteiger partial charge in [-0.05, 0) is 37.1 Å². The number of pyridine rings is 1. The maximum absolute atomic E-state index is 13.0. The first-order valence-corrected chi connectivity index (χ1v) is 13.3. The highest BCUT2D eigenvalue weighted by molar-refractivity contribution is 6.36. The summed E-state index contributed by atoms with van der Waals surface area (Å²) in [5, 5.41) is 15.9. The van der Waals surface area contributed by atoms with Crippen molar-refractivity contribution in [1.29, 1.82) is 0 Å². The first-order valence-electron chi connectivity index (χ1n) is 12.9. The standard InChI is InChI=1S/C30H32ClN5O5/c1-17(37)14-32-15-19-12-13-25(34-28(19)41-5)22-10-6-9-21(26(22)31)20-8-7-11-24(18(20)2)33-27(38)23-16-35(3)30(40)36(4)29(23)39/h6-13,16-17,32,37H,14-15H2,1-5H3,(H,33,38)/t17-/m1/s1. The molecule has 3 N–H and O–H groups in total. The van der Waals surface area contributed by atoms with E-state index in [9.17, 15) is 19.5 Å². The first kappa shape index (κ1) is 29.7. The molecule has 0 saturated heterocycles. The van der Waals surface area contributed by atoms with Crippen LogP contribution in [0.15, 0.2) is 64.3 Å². The number of methoxy groups -OCH3 is 1. The Morgan fingerprint density at radius 1 is 1.07 bits per heavy atom. The number of nitrogens with one attached hydrogen (secondary N) is 2. The van der Waals surface area contributed by atoms with Gasteiger partial charge in [0.1, 0.15) is 5.56 Å². The molecule has 0 aliphatic carbocycles. The Bertz CT molecular complexity index is 1730. The number of carbonyl (C=O) groups is 1. The minimum Gasteiger partial charge on any atom is -0.481 e. The molecular formula is C30H32ClN5O5. The van der Waals surface area contributed by atoms with Crippen LogP contribution in [-0.2, 0) is 20.6 Å². The van der Waals surface area contributed by atoms with Crippen molar-refractivity contribution in [2.75, 3.05) is 19.0 Å². The van der Waals surface area contributed by atoms with E-state index < -0.39 is 23.3 Å². The number of carbonyl (C=O) groups excluding carboxylic acids is 1. The summed E-state index contributed by atoms with van der Waals surface area (Å²) in [6.07, 6.45) is 0.765. The summed E-state index contributed by atoms with van der Waals surface area (Å²) in [6, 6.07) is 14.8. The number of anilines is 1. The Morgan fingerprint density at radius 2 is 1.76 bits per heavy atom. The lowest BCUT2D eigenvalue weighted by molar-refractivity contribution is 0.102. The Morgan fingerprint density at radius 3 is 2.46 bits per heavy atom. The van der Waals surface area contributed by atoms with E-state index in [1.807, 2.05) is 43.3 Å². The quantitative estimate of drug-likeness (QED) is 0.278. The van der Waals surface area contributed by atoms with Gasteiger partial charge in [0.15, 0.2) is 0 Å². The molecule has 214 valence electrons. The fraction of sp³-hybridized carbons (Fsp3) is 0.267. The summed E-state index contributed by atoms with van der Waals surface area (Å²) in [7, 11) is 4.36. The molecule has 1 amide bonds. The van der Waals surface area contributed by atoms with Crippen LogP contribution in [0.4, 0.5) is 5.69 Å². The van der Waals surface area contributed by atoms with E-state index in [1.165, 1.54) is 24.9 Å². The number of hydrogen-bond donors (Lipinski definition) is 3. The second-order valence-corrected chi connectivity index (χ2v) is 10.1. The number of aryl methyl sites for hydroxylation is 1. The maximum Gasteiger partial charge on any atom is 0.330 e. The zero-order chi connectivity index (χ0) is 29.8. The number of aromatic nitrogens is 3. The molecular weight excluding hydrogens is 546 g/mol. The van der Waals surface area contributed by atoms with E-state index in [0.717, 1.165) is 26.8 Å². The fourth-order valence-electron chi connectivity index (χ4n) is 4.50. The fourth-order valence-corrected chi connectivity index (χ4v) is 4.83. The van der Waals surface area contributed by atoms with Crippen LogP contribution in [0, 0.1) is 6.92 Å². The molecule has 0 aliphatic heterocycles. The van der Waals surface area contributed by atoms with E-state index >= 15 is 0 Å². The number of aliphatic hydroxyl groups is 1. The van der Waals surface area contributed by atoms with Crippen LogP contribution in [0.3, 0.4) is 0 Å². The number of nitrogens with zero attached hydrogens (tertiary/aromatic N) is 3. The molecule has 10 nitrogen and oxygen atoms in total. The van der Waals surface area contributed by atoms with Gasteiger partial charge in [-0.25, -0.2) is 9.78 Å². The number of amides is 1. The molecule has 0 saturated carbocycles. The van der Waals surface area contributed by atoms with Gasteiger partial charge in [-0.3, -0.25) is 14.2 Å². The van der Waals surface area contributed by atoms with Gasteiger partial charge >= 0.3 is 5.69 Å². The van der Waals surface area contributed by atoms with Gasteiger partial charge in [-0.1, -0.05) is 48.0 Å². The third kappa shape index (κ3) is 6.25. The monoisotopic (exact) mass is 577 g/mol. The summed E-state index contributed by atoms with van der Waals surface area (Å²) in [5.41, 5.74) is 3.59. The van der Waals surface area contributed by atoms with Crippen molar-refractivity contribution >= 4 is 23.2 Å². The molecule has 0 spiro atoms. The SMILES string of the molecule is COc1nc(-c2cccc(-c3cccc(NC(=O)c4cn(C)c(=O)n(C)c4=O)c3C)c2Cl)ccc1CNC[C@@H](C)O. The lowest BCUT2D eigenvalue weighted by atomic mass is 9.96. The zero-order valence-electron chi connectivity index (χ0n) is 23.5. The lowest BCUT2D eigenvalue weighted by Crippen LogP contribution is -2.40. The summed E-state index contributed by atoms with van der Waals surface area (Å²) < 4.78 is 7.60. The Labute approximate surface area is 242 Å². The van der Waals surface area contributed by atoms with Gasteiger partial charge < -0.3 is 25.0 Å². The normalized spacial score (nSPS) is 11.8. The molecule has 1 atom stereocenters. The molecule has 2 heterocycles. The van der Waals surface area contributed by atoms with Gasteiger partial charge in [0.05, 0.1) is 23.9 Å². The minimum absolute atomic E-state index is 0.149. The van der Waals surface area contributed by atoms with E-state index in [0.29, 0.717) is 40.9 Å². The summed E-state index contributed by atoms with van der Waals surface area (Å²) >= 11 is 6.94. The number of aliphatic hydroxyl groups excluding tert-OH is 1. The van der Waals surface area contributed by atoms with Gasteiger partial charge in [-0.2, -0.15) is 0 Å². The highest BCUT2D eigenvalue weighted by atomic mass is 35.5. The maximum atomic E-state index is 13.0. The number of rotatable bonds is 9. The Kier molecular flexibility index (Phi) is 9.07. The van der Waals surface area contributed by atoms with Crippen LogP contribution >= 0.6 is 11.6 Å². The van der Waals surface area contributed by atoms with Crippen molar-refractivity contribution in [2.24, 2.45) is 14.1 Å². The molecule has 2 aromatic carbocycles. The largest absolute Gasteiger partial charge is 0.481 e. The molecule has 0 fully saturated rings. The smallest absolute Gasteiger partial charge is 0.330 e.